The summed E-state index contributed by atoms with van der Waals surface area (Å²) in [7, 11) is 0. The van der Waals surface area contributed by atoms with Crippen LogP contribution in [0.25, 0.3) is 0 Å². The number of pyridine rings is 1. The number of piperidine rings is 1. The Bertz CT molecular complexity index is 363. The van der Waals surface area contributed by atoms with Crippen molar-refractivity contribution in [2.24, 2.45) is 5.92 Å². The summed E-state index contributed by atoms with van der Waals surface area (Å²) < 4.78 is 0. The van der Waals surface area contributed by atoms with Gasteiger partial charge in [-0.1, -0.05) is 13.0 Å². The highest BCUT2D eigenvalue weighted by atomic mass is 16.3. The van der Waals surface area contributed by atoms with Gasteiger partial charge in [-0.15, -0.1) is 0 Å². The number of aliphatic hydroxyl groups excluding tert-OH is 1. The number of rotatable bonds is 7. The van der Waals surface area contributed by atoms with Crippen LogP contribution in [0.3, 0.4) is 0 Å². The van der Waals surface area contributed by atoms with Crippen LogP contribution in [0, 0.1) is 5.92 Å². The number of aromatic nitrogens is 1. The first-order valence-electron chi connectivity index (χ1n) is 7.72. The van der Waals surface area contributed by atoms with Crippen molar-refractivity contribution in [3.63, 3.8) is 0 Å². The maximum atomic E-state index is 9.22. The second-order valence-corrected chi connectivity index (χ2v) is 5.89. The molecule has 0 bridgehead atoms. The Morgan fingerprint density at radius 3 is 2.80 bits per heavy atom. The summed E-state index contributed by atoms with van der Waals surface area (Å²) in [6.07, 6.45) is 6.35. The molecule has 0 spiro atoms. The lowest BCUT2D eigenvalue weighted by Crippen LogP contribution is -2.40. The molecule has 0 radical (unpaired) electrons. The van der Waals surface area contributed by atoms with Crippen LogP contribution in [0.15, 0.2) is 24.5 Å². The van der Waals surface area contributed by atoms with Gasteiger partial charge in [0.25, 0.3) is 0 Å². The van der Waals surface area contributed by atoms with E-state index in [9.17, 15) is 5.11 Å². The van der Waals surface area contributed by atoms with Gasteiger partial charge < -0.3 is 10.0 Å². The van der Waals surface area contributed by atoms with Crippen molar-refractivity contribution in [1.29, 1.82) is 0 Å². The van der Waals surface area contributed by atoms with Crippen LogP contribution in [-0.4, -0.2) is 59.2 Å². The van der Waals surface area contributed by atoms with E-state index < -0.39 is 0 Å². The van der Waals surface area contributed by atoms with Gasteiger partial charge in [-0.2, -0.15) is 0 Å². The number of aliphatic hydroxyl groups is 1. The fraction of sp³-hybridized carbons (Fsp3) is 0.688. The predicted octanol–water partition coefficient (Wildman–Crippen LogP) is 1.61. The zero-order valence-corrected chi connectivity index (χ0v) is 12.5. The molecule has 0 aliphatic carbocycles. The summed E-state index contributed by atoms with van der Waals surface area (Å²) in [4.78, 5) is 9.02. The average molecular weight is 277 g/mol. The quantitative estimate of drug-likeness (QED) is 0.822. The first-order chi connectivity index (χ1) is 9.78. The molecule has 0 amide bonds. The molecule has 1 aromatic heterocycles. The molecular formula is C16H27N3O. The van der Waals surface area contributed by atoms with Crippen LogP contribution < -0.4 is 0 Å². The third-order valence-corrected chi connectivity index (χ3v) is 4.15. The van der Waals surface area contributed by atoms with Crippen LogP contribution in [0.2, 0.25) is 0 Å². The fourth-order valence-electron chi connectivity index (χ4n) is 2.73. The number of nitrogens with zero attached hydrogens (tertiary/aromatic N) is 3. The van der Waals surface area contributed by atoms with E-state index in [1.807, 2.05) is 12.3 Å². The van der Waals surface area contributed by atoms with Gasteiger partial charge in [0.2, 0.25) is 0 Å². The molecule has 0 aromatic carbocycles. The van der Waals surface area contributed by atoms with Gasteiger partial charge in [-0.3, -0.25) is 9.88 Å². The van der Waals surface area contributed by atoms with E-state index in [4.69, 9.17) is 0 Å². The van der Waals surface area contributed by atoms with Crippen molar-refractivity contribution in [3.8, 4) is 0 Å². The smallest absolute Gasteiger partial charge is 0.0558 e. The van der Waals surface area contributed by atoms with Crippen molar-refractivity contribution >= 4 is 0 Å². The summed E-state index contributed by atoms with van der Waals surface area (Å²) in [5.74, 6) is 0.884. The molecule has 1 N–H and O–H groups in total. The van der Waals surface area contributed by atoms with Crippen LogP contribution in [0.5, 0.6) is 0 Å². The van der Waals surface area contributed by atoms with Crippen molar-refractivity contribution in [3.05, 3.63) is 30.1 Å². The summed E-state index contributed by atoms with van der Waals surface area (Å²) in [5, 5.41) is 9.22. The topological polar surface area (TPSA) is 39.6 Å². The maximum Gasteiger partial charge on any atom is 0.0558 e. The normalized spacial score (nSPS) is 17.8. The highest BCUT2D eigenvalue weighted by Crippen LogP contribution is 2.15. The molecule has 1 saturated heterocycles. The molecule has 112 valence electrons. The second kappa shape index (κ2) is 8.35. The Balaban J connectivity index is 1.77. The van der Waals surface area contributed by atoms with E-state index in [-0.39, 0.29) is 6.61 Å². The van der Waals surface area contributed by atoms with Gasteiger partial charge in [0.05, 0.1) is 6.61 Å². The Labute approximate surface area is 122 Å². The minimum absolute atomic E-state index is 0.220. The van der Waals surface area contributed by atoms with E-state index >= 15 is 0 Å². The van der Waals surface area contributed by atoms with E-state index in [0.29, 0.717) is 0 Å². The molecule has 1 aromatic rings. The van der Waals surface area contributed by atoms with E-state index in [2.05, 4.69) is 27.8 Å². The van der Waals surface area contributed by atoms with Crippen molar-refractivity contribution in [2.75, 3.05) is 39.3 Å². The molecule has 2 rings (SSSR count). The zero-order valence-electron chi connectivity index (χ0n) is 12.5. The first kappa shape index (κ1) is 15.4. The minimum atomic E-state index is 0.220. The monoisotopic (exact) mass is 277 g/mol. The SMILES string of the molecule is CC1CCN(CCN(CCO)Cc2cccnc2)CC1. The molecule has 4 heteroatoms. The second-order valence-electron chi connectivity index (χ2n) is 5.89. The molecule has 4 nitrogen and oxygen atoms in total. The number of likely N-dealkylation sites (tertiary alicyclic amines) is 1. The number of hydrogen-bond acceptors (Lipinski definition) is 4. The minimum Gasteiger partial charge on any atom is -0.395 e. The highest BCUT2D eigenvalue weighted by molar-refractivity contribution is 5.08. The summed E-state index contributed by atoms with van der Waals surface area (Å²) >= 11 is 0. The lowest BCUT2D eigenvalue weighted by molar-refractivity contribution is 0.141. The standard InChI is InChI=1S/C16H27N3O/c1-15-4-7-18(8-5-15)9-10-19(11-12-20)14-16-3-2-6-17-13-16/h2-3,6,13,15,20H,4-5,7-12,14H2,1H3. The van der Waals surface area contributed by atoms with Crippen molar-refractivity contribution in [2.45, 2.75) is 26.3 Å². The predicted molar refractivity (Wildman–Crippen MR) is 81.4 cm³/mol. The van der Waals surface area contributed by atoms with Gasteiger partial charge in [0, 0.05) is 38.6 Å². The Kier molecular flexibility index (Phi) is 6.43. The highest BCUT2D eigenvalue weighted by Gasteiger charge is 2.16. The van der Waals surface area contributed by atoms with Crippen molar-refractivity contribution in [1.82, 2.24) is 14.8 Å². The maximum absolute atomic E-state index is 9.22. The van der Waals surface area contributed by atoms with Crippen LogP contribution in [0.4, 0.5) is 0 Å². The lowest BCUT2D eigenvalue weighted by Gasteiger charge is -2.32. The van der Waals surface area contributed by atoms with Gasteiger partial charge in [-0.05, 0) is 43.5 Å². The van der Waals surface area contributed by atoms with Gasteiger partial charge >= 0.3 is 0 Å². The fourth-order valence-corrected chi connectivity index (χ4v) is 2.73. The van der Waals surface area contributed by atoms with Gasteiger partial charge in [0.15, 0.2) is 0 Å². The molecule has 2 heterocycles. The average Bonchev–Trinajstić information content (AvgIpc) is 2.48. The molecule has 0 saturated carbocycles. The molecule has 1 aliphatic rings. The van der Waals surface area contributed by atoms with Crippen molar-refractivity contribution < 1.29 is 5.11 Å². The molecule has 0 unspecified atom stereocenters. The van der Waals surface area contributed by atoms with Crippen LogP contribution >= 0.6 is 0 Å². The summed E-state index contributed by atoms with van der Waals surface area (Å²) in [5.41, 5.74) is 1.22. The summed E-state index contributed by atoms with van der Waals surface area (Å²) in [6, 6.07) is 4.07. The Morgan fingerprint density at radius 2 is 2.15 bits per heavy atom. The molecule has 20 heavy (non-hydrogen) atoms. The van der Waals surface area contributed by atoms with E-state index in [1.54, 1.807) is 6.20 Å². The third-order valence-electron chi connectivity index (χ3n) is 4.15. The molecule has 1 aliphatic heterocycles. The lowest BCUT2D eigenvalue weighted by atomic mass is 9.99. The van der Waals surface area contributed by atoms with Gasteiger partial charge in [0.1, 0.15) is 0 Å². The van der Waals surface area contributed by atoms with Gasteiger partial charge in [-0.25, -0.2) is 0 Å². The Hall–Kier alpha value is -0.970. The third kappa shape index (κ3) is 5.19. The molecule has 1 fully saturated rings. The van der Waals surface area contributed by atoms with E-state index in [0.717, 1.165) is 32.1 Å². The molecule has 0 atom stereocenters. The molecular weight excluding hydrogens is 250 g/mol. The largest absolute Gasteiger partial charge is 0.395 e. The van der Waals surface area contributed by atoms with E-state index in [1.165, 1.54) is 31.5 Å². The zero-order chi connectivity index (χ0) is 14.2. The van der Waals surface area contributed by atoms with Crippen LogP contribution in [0.1, 0.15) is 25.3 Å². The summed E-state index contributed by atoms with van der Waals surface area (Å²) in [6.45, 7) is 8.74. The first-order valence-corrected chi connectivity index (χ1v) is 7.72. The Morgan fingerprint density at radius 1 is 1.35 bits per heavy atom. The number of hydrogen-bond donors (Lipinski definition) is 1. The van der Waals surface area contributed by atoms with Crippen LogP contribution in [-0.2, 0) is 6.54 Å².